The van der Waals surface area contributed by atoms with E-state index >= 15 is 0 Å². The molecule has 4 rings (SSSR count). The Kier molecular flexibility index (Phi) is 8.11. The van der Waals surface area contributed by atoms with Crippen LogP contribution in [0.2, 0.25) is 0 Å². The Labute approximate surface area is 187 Å². The minimum atomic E-state index is -0.615. The molecular formula is C23H31N3O6. The highest BCUT2D eigenvalue weighted by molar-refractivity contribution is 5.77. The molecule has 3 heterocycles. The Bertz CT molecular complexity index is 839. The first-order valence-corrected chi connectivity index (χ1v) is 11.2. The summed E-state index contributed by atoms with van der Waals surface area (Å²) in [5, 5.41) is 17.3. The van der Waals surface area contributed by atoms with Gasteiger partial charge in [-0.2, -0.15) is 0 Å². The molecule has 2 aromatic rings. The van der Waals surface area contributed by atoms with Gasteiger partial charge in [-0.15, -0.1) is 0 Å². The van der Waals surface area contributed by atoms with Crippen LogP contribution in [0, 0.1) is 0 Å². The van der Waals surface area contributed by atoms with Crippen LogP contribution in [0.4, 0.5) is 0 Å². The van der Waals surface area contributed by atoms with E-state index in [2.05, 4.69) is 15.4 Å². The highest BCUT2D eigenvalue weighted by Gasteiger charge is 2.31. The molecule has 0 aliphatic carbocycles. The van der Waals surface area contributed by atoms with Gasteiger partial charge in [0.1, 0.15) is 11.9 Å². The van der Waals surface area contributed by atoms with E-state index in [0.29, 0.717) is 18.6 Å². The average Bonchev–Trinajstić information content (AvgIpc) is 3.26. The summed E-state index contributed by atoms with van der Waals surface area (Å²) in [7, 11) is 0. The molecule has 2 saturated heterocycles. The number of aliphatic hydroxyl groups is 1. The number of hydrogen-bond donors (Lipinski definition) is 2. The maximum absolute atomic E-state index is 12.1. The molecule has 0 saturated carbocycles. The Morgan fingerprint density at radius 3 is 2.84 bits per heavy atom. The third kappa shape index (κ3) is 6.77. The van der Waals surface area contributed by atoms with Gasteiger partial charge >= 0.3 is 0 Å². The fourth-order valence-electron chi connectivity index (χ4n) is 3.95. The summed E-state index contributed by atoms with van der Waals surface area (Å²) in [5.74, 6) is 1.22. The number of para-hydroxylation sites is 1. The van der Waals surface area contributed by atoms with Gasteiger partial charge in [-0.1, -0.05) is 23.4 Å². The summed E-state index contributed by atoms with van der Waals surface area (Å²) in [6, 6.07) is 11.1. The number of nitrogens with zero attached hydrogens (tertiary/aromatic N) is 2. The topological polar surface area (TPSA) is 106 Å². The van der Waals surface area contributed by atoms with Crippen LogP contribution in [0.15, 0.2) is 40.9 Å². The van der Waals surface area contributed by atoms with E-state index in [1.54, 1.807) is 12.1 Å². The smallest absolute Gasteiger partial charge is 0.258 e. The van der Waals surface area contributed by atoms with Gasteiger partial charge in [-0.05, 0) is 25.0 Å². The van der Waals surface area contributed by atoms with Gasteiger partial charge in [-0.25, -0.2) is 0 Å². The first-order valence-electron chi connectivity index (χ1n) is 11.2. The van der Waals surface area contributed by atoms with Crippen molar-refractivity contribution in [1.29, 1.82) is 0 Å². The molecule has 0 radical (unpaired) electrons. The molecule has 0 unspecified atom stereocenters. The average molecular weight is 446 g/mol. The zero-order valence-electron chi connectivity index (χ0n) is 18.2. The van der Waals surface area contributed by atoms with Gasteiger partial charge in [0.2, 0.25) is 0 Å². The Hall–Kier alpha value is -2.46. The van der Waals surface area contributed by atoms with Crippen LogP contribution in [-0.4, -0.2) is 78.8 Å². The maximum Gasteiger partial charge on any atom is 0.258 e. The number of amides is 1. The van der Waals surface area contributed by atoms with Gasteiger partial charge in [0.15, 0.2) is 12.4 Å². The Morgan fingerprint density at radius 1 is 1.22 bits per heavy atom. The van der Waals surface area contributed by atoms with Crippen LogP contribution in [0.5, 0.6) is 5.75 Å². The zero-order chi connectivity index (χ0) is 22.2. The van der Waals surface area contributed by atoms with Crippen molar-refractivity contribution < 1.29 is 28.6 Å². The van der Waals surface area contributed by atoms with Crippen molar-refractivity contribution >= 4 is 5.91 Å². The molecule has 1 amide bonds. The Balaban J connectivity index is 1.20. The highest BCUT2D eigenvalue weighted by atomic mass is 16.5. The van der Waals surface area contributed by atoms with Crippen molar-refractivity contribution in [2.24, 2.45) is 0 Å². The van der Waals surface area contributed by atoms with Crippen molar-refractivity contribution in [2.45, 2.75) is 44.1 Å². The number of carbonyl (C=O) groups is 1. The first-order chi connectivity index (χ1) is 15.7. The lowest BCUT2D eigenvalue weighted by molar-refractivity contribution is -0.130. The van der Waals surface area contributed by atoms with E-state index < -0.39 is 12.2 Å². The fraction of sp³-hybridized carbons (Fsp3) is 0.565. The van der Waals surface area contributed by atoms with Crippen molar-refractivity contribution in [1.82, 2.24) is 15.4 Å². The number of rotatable bonds is 9. The summed E-state index contributed by atoms with van der Waals surface area (Å²) in [6.07, 6.45) is 0.798. The van der Waals surface area contributed by atoms with Gasteiger partial charge in [-0.3, -0.25) is 9.69 Å². The molecule has 2 aliphatic heterocycles. The number of morpholine rings is 1. The van der Waals surface area contributed by atoms with Crippen molar-refractivity contribution in [3.63, 3.8) is 0 Å². The summed E-state index contributed by atoms with van der Waals surface area (Å²) >= 11 is 0. The SMILES string of the molecule is O=C(COc1ccccc1)NC[C@H]1O[C@H](Cc2cc(CN3CCOCC3)on2)CC[C@@H]1O. The van der Waals surface area contributed by atoms with Crippen LogP contribution in [0.25, 0.3) is 0 Å². The maximum atomic E-state index is 12.1. The molecule has 9 nitrogen and oxygen atoms in total. The van der Waals surface area contributed by atoms with E-state index in [9.17, 15) is 9.90 Å². The normalized spacial score (nSPS) is 24.2. The number of aliphatic hydroxyl groups excluding tert-OH is 1. The molecule has 32 heavy (non-hydrogen) atoms. The molecule has 0 spiro atoms. The second kappa shape index (κ2) is 11.4. The van der Waals surface area contributed by atoms with Crippen LogP contribution >= 0.6 is 0 Å². The van der Waals surface area contributed by atoms with Gasteiger partial charge in [0, 0.05) is 32.1 Å². The molecule has 9 heteroatoms. The van der Waals surface area contributed by atoms with E-state index in [1.165, 1.54) is 0 Å². The number of ether oxygens (including phenoxy) is 3. The van der Waals surface area contributed by atoms with E-state index in [4.69, 9.17) is 18.7 Å². The molecule has 174 valence electrons. The third-order valence-corrected chi connectivity index (χ3v) is 5.72. The second-order valence-electron chi connectivity index (χ2n) is 8.22. The molecule has 3 atom stereocenters. The van der Waals surface area contributed by atoms with Crippen molar-refractivity contribution in [3.8, 4) is 5.75 Å². The molecule has 2 aliphatic rings. The summed E-state index contributed by atoms with van der Waals surface area (Å²) in [4.78, 5) is 14.4. The quantitative estimate of drug-likeness (QED) is 0.592. The lowest BCUT2D eigenvalue weighted by atomic mass is 9.98. The second-order valence-corrected chi connectivity index (χ2v) is 8.22. The number of nitrogens with one attached hydrogen (secondary N) is 1. The van der Waals surface area contributed by atoms with Gasteiger partial charge < -0.3 is 29.2 Å². The van der Waals surface area contributed by atoms with Crippen LogP contribution in [-0.2, 0) is 27.2 Å². The third-order valence-electron chi connectivity index (χ3n) is 5.72. The van der Waals surface area contributed by atoms with Crippen LogP contribution in [0.3, 0.4) is 0 Å². The number of hydrogen-bond acceptors (Lipinski definition) is 8. The first kappa shape index (κ1) is 22.7. The van der Waals surface area contributed by atoms with E-state index in [-0.39, 0.29) is 25.2 Å². The monoisotopic (exact) mass is 445 g/mol. The minimum Gasteiger partial charge on any atom is -0.484 e. The van der Waals surface area contributed by atoms with E-state index in [1.807, 2.05) is 24.3 Å². The van der Waals surface area contributed by atoms with E-state index in [0.717, 1.165) is 50.7 Å². The van der Waals surface area contributed by atoms with Crippen LogP contribution < -0.4 is 10.1 Å². The number of benzene rings is 1. The lowest BCUT2D eigenvalue weighted by Crippen LogP contribution is -2.47. The summed E-state index contributed by atoms with van der Waals surface area (Å²) in [6.45, 7) is 4.15. The molecule has 1 aromatic carbocycles. The summed E-state index contributed by atoms with van der Waals surface area (Å²) < 4.78 is 22.4. The summed E-state index contributed by atoms with van der Waals surface area (Å²) in [5.41, 5.74) is 0.841. The van der Waals surface area contributed by atoms with Crippen LogP contribution in [0.1, 0.15) is 24.3 Å². The number of aromatic nitrogens is 1. The predicted molar refractivity (Wildman–Crippen MR) is 115 cm³/mol. The zero-order valence-corrected chi connectivity index (χ0v) is 18.2. The molecule has 1 aromatic heterocycles. The largest absolute Gasteiger partial charge is 0.484 e. The standard InChI is InChI=1S/C23H31N3O6/c27-21-7-6-19(12-17-13-20(32-25-17)15-26-8-10-29-11-9-26)31-22(21)14-24-23(28)16-30-18-4-2-1-3-5-18/h1-5,13,19,21-22,27H,6-12,14-16H2,(H,24,28)/t19-,21-,22+/m0/s1. The van der Waals surface area contributed by atoms with Gasteiger partial charge in [0.25, 0.3) is 5.91 Å². The molecule has 2 N–H and O–H groups in total. The fourth-order valence-corrected chi connectivity index (χ4v) is 3.95. The van der Waals surface area contributed by atoms with Gasteiger partial charge in [0.05, 0.1) is 37.7 Å². The minimum absolute atomic E-state index is 0.0813. The highest BCUT2D eigenvalue weighted by Crippen LogP contribution is 2.23. The van der Waals surface area contributed by atoms with Crippen molar-refractivity contribution in [3.05, 3.63) is 47.9 Å². The lowest BCUT2D eigenvalue weighted by Gasteiger charge is -2.33. The Morgan fingerprint density at radius 2 is 2.03 bits per heavy atom. The number of carbonyl (C=O) groups excluding carboxylic acids is 1. The predicted octanol–water partition coefficient (Wildman–Crippen LogP) is 1.15. The molecule has 2 fully saturated rings. The molecule has 0 bridgehead atoms. The van der Waals surface area contributed by atoms with Crippen molar-refractivity contribution in [2.75, 3.05) is 39.5 Å². The molecular weight excluding hydrogens is 414 g/mol.